The van der Waals surface area contributed by atoms with Gasteiger partial charge in [0.15, 0.2) is 11.6 Å². The number of nitrogens with zero attached hydrogens (tertiary/aromatic N) is 1. The monoisotopic (exact) mass is 364 g/mol. The van der Waals surface area contributed by atoms with Crippen molar-refractivity contribution in [3.63, 3.8) is 0 Å². The van der Waals surface area contributed by atoms with E-state index in [1.807, 2.05) is 31.2 Å². The molecule has 0 fully saturated rings. The van der Waals surface area contributed by atoms with Gasteiger partial charge in [-0.25, -0.2) is 0 Å². The van der Waals surface area contributed by atoms with E-state index < -0.39 is 0 Å². The molecular formula is C15H13BrN2O2S. The van der Waals surface area contributed by atoms with Gasteiger partial charge in [0.25, 0.3) is 0 Å². The molecule has 0 aliphatic rings. The molecule has 2 heterocycles. The lowest BCUT2D eigenvalue weighted by Gasteiger charge is -2.04. The summed E-state index contributed by atoms with van der Waals surface area (Å²) in [5, 5.41) is 3.92. The first-order valence-corrected chi connectivity index (χ1v) is 7.87. The smallest absolute Gasteiger partial charge is 0.186 e. The lowest BCUT2D eigenvalue weighted by Crippen LogP contribution is -1.89. The molecule has 2 aromatic heterocycles. The Morgan fingerprint density at radius 1 is 1.33 bits per heavy atom. The van der Waals surface area contributed by atoms with Gasteiger partial charge in [-0.3, -0.25) is 0 Å². The highest BCUT2D eigenvalue weighted by Gasteiger charge is 2.20. The molecule has 0 radical (unpaired) electrons. The van der Waals surface area contributed by atoms with Gasteiger partial charge in [0.2, 0.25) is 0 Å². The highest BCUT2D eigenvalue weighted by Crippen LogP contribution is 2.42. The number of ether oxygens (including phenoxy) is 1. The van der Waals surface area contributed by atoms with Crippen molar-refractivity contribution >= 4 is 33.1 Å². The second kappa shape index (κ2) is 5.54. The molecule has 0 saturated heterocycles. The molecule has 108 valence electrons. The number of halogens is 1. The summed E-state index contributed by atoms with van der Waals surface area (Å²) in [6, 6.07) is 9.74. The minimum absolute atomic E-state index is 0.375. The summed E-state index contributed by atoms with van der Waals surface area (Å²) in [4.78, 5) is 0.987. The first kappa shape index (κ1) is 14.2. The number of thiophene rings is 1. The third-order valence-electron chi connectivity index (χ3n) is 3.16. The number of aromatic nitrogens is 1. The summed E-state index contributed by atoms with van der Waals surface area (Å²) in [6.07, 6.45) is 0. The van der Waals surface area contributed by atoms with E-state index in [-0.39, 0.29) is 0 Å². The molecule has 0 saturated carbocycles. The van der Waals surface area contributed by atoms with Crippen molar-refractivity contribution in [2.75, 3.05) is 12.8 Å². The average molecular weight is 365 g/mol. The number of hydrogen-bond acceptors (Lipinski definition) is 5. The number of hydrogen-bond donors (Lipinski definition) is 1. The Hall–Kier alpha value is -1.79. The Morgan fingerprint density at radius 3 is 2.81 bits per heavy atom. The SMILES string of the molecule is COc1cccc(-c2c(N)noc2-c2cc(C)c(Br)s2)c1. The van der Waals surface area contributed by atoms with Crippen molar-refractivity contribution < 1.29 is 9.26 Å². The van der Waals surface area contributed by atoms with Crippen molar-refractivity contribution in [1.82, 2.24) is 5.16 Å². The fourth-order valence-electron chi connectivity index (χ4n) is 2.10. The van der Waals surface area contributed by atoms with Gasteiger partial charge >= 0.3 is 0 Å². The maximum atomic E-state index is 5.99. The highest BCUT2D eigenvalue weighted by molar-refractivity contribution is 9.11. The fraction of sp³-hybridized carbons (Fsp3) is 0.133. The van der Waals surface area contributed by atoms with E-state index in [0.717, 1.165) is 31.1 Å². The quantitative estimate of drug-likeness (QED) is 0.729. The van der Waals surface area contributed by atoms with E-state index in [0.29, 0.717) is 11.6 Å². The van der Waals surface area contributed by atoms with Crippen LogP contribution in [0.15, 0.2) is 38.6 Å². The minimum atomic E-state index is 0.375. The van der Waals surface area contributed by atoms with Crippen molar-refractivity contribution in [2.45, 2.75) is 6.92 Å². The number of rotatable bonds is 3. The van der Waals surface area contributed by atoms with Crippen molar-refractivity contribution in [1.29, 1.82) is 0 Å². The fourth-order valence-corrected chi connectivity index (χ4v) is 3.62. The summed E-state index contributed by atoms with van der Waals surface area (Å²) in [7, 11) is 1.64. The van der Waals surface area contributed by atoms with E-state index in [2.05, 4.69) is 27.2 Å². The Bertz CT molecular complexity index is 775. The van der Waals surface area contributed by atoms with Gasteiger partial charge in [0.1, 0.15) is 5.75 Å². The first-order chi connectivity index (χ1) is 10.1. The Balaban J connectivity index is 2.16. The molecule has 1 aromatic carbocycles. The van der Waals surface area contributed by atoms with Crippen LogP contribution < -0.4 is 10.5 Å². The lowest BCUT2D eigenvalue weighted by molar-refractivity contribution is 0.415. The minimum Gasteiger partial charge on any atom is -0.497 e. The summed E-state index contributed by atoms with van der Waals surface area (Å²) in [5.74, 6) is 1.82. The van der Waals surface area contributed by atoms with Gasteiger partial charge in [-0.2, -0.15) is 0 Å². The molecule has 3 rings (SSSR count). The third-order valence-corrected chi connectivity index (χ3v) is 5.29. The zero-order valence-electron chi connectivity index (χ0n) is 11.5. The first-order valence-electron chi connectivity index (χ1n) is 6.26. The van der Waals surface area contributed by atoms with Crippen molar-refractivity contribution in [3.05, 3.63) is 39.7 Å². The Kier molecular flexibility index (Phi) is 3.73. The number of aryl methyl sites for hydroxylation is 1. The molecule has 2 N–H and O–H groups in total. The second-order valence-corrected chi connectivity index (χ2v) is 6.94. The molecule has 6 heteroatoms. The van der Waals surface area contributed by atoms with E-state index in [1.54, 1.807) is 18.4 Å². The van der Waals surface area contributed by atoms with Crippen LogP contribution in [0.5, 0.6) is 5.75 Å². The van der Waals surface area contributed by atoms with E-state index in [1.165, 1.54) is 0 Å². The zero-order valence-corrected chi connectivity index (χ0v) is 13.9. The largest absolute Gasteiger partial charge is 0.497 e. The normalized spacial score (nSPS) is 10.8. The van der Waals surface area contributed by atoms with Crippen LogP contribution in [-0.4, -0.2) is 12.3 Å². The van der Waals surface area contributed by atoms with Gasteiger partial charge in [-0.15, -0.1) is 11.3 Å². The molecule has 3 aromatic rings. The van der Waals surface area contributed by atoms with Crippen LogP contribution in [0.25, 0.3) is 21.8 Å². The van der Waals surface area contributed by atoms with E-state index in [9.17, 15) is 0 Å². The van der Waals surface area contributed by atoms with Gasteiger partial charge in [-0.05, 0) is 52.2 Å². The van der Waals surface area contributed by atoms with Crippen LogP contribution in [0.2, 0.25) is 0 Å². The number of benzene rings is 1. The number of nitrogens with two attached hydrogens (primary N) is 1. The molecule has 0 amide bonds. The van der Waals surface area contributed by atoms with Crippen LogP contribution in [0.1, 0.15) is 5.56 Å². The summed E-state index contributed by atoms with van der Waals surface area (Å²) in [5.41, 5.74) is 8.86. The van der Waals surface area contributed by atoms with Crippen LogP contribution in [-0.2, 0) is 0 Å². The molecule has 0 aliphatic heterocycles. The molecule has 4 nitrogen and oxygen atoms in total. The standard InChI is InChI=1S/C15H13BrN2O2S/c1-8-6-11(21-14(8)16)13-12(15(17)18-20-13)9-4-3-5-10(7-9)19-2/h3-7H,1-2H3,(H2,17,18). The maximum absolute atomic E-state index is 5.99. The molecule has 0 spiro atoms. The third kappa shape index (κ3) is 2.56. The Morgan fingerprint density at radius 2 is 2.14 bits per heavy atom. The molecular weight excluding hydrogens is 352 g/mol. The molecule has 21 heavy (non-hydrogen) atoms. The van der Waals surface area contributed by atoms with Crippen molar-refractivity contribution in [2.24, 2.45) is 0 Å². The molecule has 0 unspecified atom stereocenters. The van der Waals surface area contributed by atoms with E-state index >= 15 is 0 Å². The topological polar surface area (TPSA) is 61.3 Å². The number of anilines is 1. The van der Waals surface area contributed by atoms with Crippen LogP contribution >= 0.6 is 27.3 Å². The van der Waals surface area contributed by atoms with Crippen LogP contribution in [0.4, 0.5) is 5.82 Å². The molecule has 0 atom stereocenters. The predicted octanol–water partition coefficient (Wildman–Crippen LogP) is 4.73. The summed E-state index contributed by atoms with van der Waals surface area (Å²) < 4.78 is 11.8. The van der Waals surface area contributed by atoms with Crippen LogP contribution in [0, 0.1) is 6.92 Å². The lowest BCUT2D eigenvalue weighted by atomic mass is 10.0. The predicted molar refractivity (Wildman–Crippen MR) is 88.7 cm³/mol. The highest BCUT2D eigenvalue weighted by atomic mass is 79.9. The summed E-state index contributed by atoms with van der Waals surface area (Å²) >= 11 is 5.12. The van der Waals surface area contributed by atoms with Gasteiger partial charge in [0, 0.05) is 0 Å². The second-order valence-electron chi connectivity index (χ2n) is 4.57. The van der Waals surface area contributed by atoms with Crippen molar-refractivity contribution in [3.8, 4) is 27.5 Å². The molecule has 0 aliphatic carbocycles. The molecule has 0 bridgehead atoms. The number of methoxy groups -OCH3 is 1. The maximum Gasteiger partial charge on any atom is 0.186 e. The number of nitrogen functional groups attached to an aromatic ring is 1. The van der Waals surface area contributed by atoms with Gasteiger partial charge in [-0.1, -0.05) is 17.3 Å². The van der Waals surface area contributed by atoms with Gasteiger partial charge < -0.3 is 15.0 Å². The average Bonchev–Trinajstić information content (AvgIpc) is 3.02. The van der Waals surface area contributed by atoms with E-state index in [4.69, 9.17) is 15.0 Å². The van der Waals surface area contributed by atoms with Crippen LogP contribution in [0.3, 0.4) is 0 Å². The zero-order chi connectivity index (χ0) is 15.0. The summed E-state index contributed by atoms with van der Waals surface area (Å²) in [6.45, 7) is 2.04. The Labute approximate surface area is 134 Å². The van der Waals surface area contributed by atoms with Gasteiger partial charge in [0.05, 0.1) is 21.3 Å².